The molecule has 0 radical (unpaired) electrons. The fourth-order valence-corrected chi connectivity index (χ4v) is 5.66. The Morgan fingerprint density at radius 1 is 0.914 bits per heavy atom. The zero-order chi connectivity index (χ0) is 24.6. The van der Waals surface area contributed by atoms with Crippen LogP contribution in [-0.4, -0.2) is 41.3 Å². The number of carbonyl (C=O) groups is 3. The Morgan fingerprint density at radius 3 is 2.03 bits per heavy atom. The zero-order valence-electron chi connectivity index (χ0n) is 20.0. The van der Waals surface area contributed by atoms with Crippen molar-refractivity contribution < 1.29 is 24.2 Å². The first-order valence-corrected chi connectivity index (χ1v) is 12.5. The van der Waals surface area contributed by atoms with Crippen molar-refractivity contribution in [2.45, 2.75) is 62.9 Å². The second kappa shape index (κ2) is 9.36. The molecule has 7 nitrogen and oxygen atoms in total. The molecule has 2 fully saturated rings. The number of hydrogen-bond acceptors (Lipinski definition) is 4. The predicted octanol–water partition coefficient (Wildman–Crippen LogP) is 4.45. The maximum Gasteiger partial charge on any atom is 0.407 e. The Morgan fingerprint density at radius 2 is 1.49 bits per heavy atom. The average Bonchev–Trinajstić information content (AvgIpc) is 3.67. The molecule has 0 spiro atoms. The molecule has 184 valence electrons. The van der Waals surface area contributed by atoms with Gasteiger partial charge in [0.05, 0.1) is 0 Å². The number of carboxylic acids is 1. The van der Waals surface area contributed by atoms with E-state index in [0.29, 0.717) is 25.7 Å². The Hall–Kier alpha value is -3.35. The smallest absolute Gasteiger partial charge is 0.407 e. The van der Waals surface area contributed by atoms with Crippen LogP contribution in [0.2, 0.25) is 0 Å². The molecule has 2 aromatic carbocycles. The SMILES string of the molecule is CC(NC(=O)C1CCC(NC(=O)OCC2c3ccccc3-c3ccccc32)CC1)(C(=O)O)C1CC1. The molecule has 0 aromatic heterocycles. The third kappa shape index (κ3) is 4.64. The first-order valence-electron chi connectivity index (χ1n) is 12.5. The second-order valence-electron chi connectivity index (χ2n) is 10.3. The molecule has 7 heteroatoms. The number of ether oxygens (including phenoxy) is 1. The molecular weight excluding hydrogens is 444 g/mol. The van der Waals surface area contributed by atoms with E-state index < -0.39 is 17.6 Å². The summed E-state index contributed by atoms with van der Waals surface area (Å²) in [7, 11) is 0. The minimum atomic E-state index is -1.19. The fourth-order valence-electron chi connectivity index (χ4n) is 5.66. The molecule has 1 unspecified atom stereocenters. The third-order valence-electron chi connectivity index (χ3n) is 7.98. The molecule has 35 heavy (non-hydrogen) atoms. The van der Waals surface area contributed by atoms with E-state index in [1.54, 1.807) is 6.92 Å². The molecule has 3 aliphatic carbocycles. The number of alkyl carbamates (subject to hydrolysis) is 1. The molecule has 2 amide bonds. The van der Waals surface area contributed by atoms with Gasteiger partial charge in [-0.1, -0.05) is 48.5 Å². The molecule has 3 N–H and O–H groups in total. The van der Waals surface area contributed by atoms with Gasteiger partial charge in [0.25, 0.3) is 0 Å². The van der Waals surface area contributed by atoms with E-state index in [9.17, 15) is 19.5 Å². The maximum atomic E-state index is 12.7. The van der Waals surface area contributed by atoms with Gasteiger partial charge in [-0.3, -0.25) is 4.79 Å². The van der Waals surface area contributed by atoms with Crippen molar-refractivity contribution >= 4 is 18.0 Å². The summed E-state index contributed by atoms with van der Waals surface area (Å²) >= 11 is 0. The summed E-state index contributed by atoms with van der Waals surface area (Å²) in [6.07, 6.45) is 3.78. The van der Waals surface area contributed by atoms with Crippen LogP contribution in [0.5, 0.6) is 0 Å². The number of benzene rings is 2. The highest BCUT2D eigenvalue weighted by molar-refractivity contribution is 5.88. The highest BCUT2D eigenvalue weighted by Crippen LogP contribution is 2.44. The van der Waals surface area contributed by atoms with E-state index in [0.717, 1.165) is 12.8 Å². The summed E-state index contributed by atoms with van der Waals surface area (Å²) < 4.78 is 5.65. The number of amides is 2. The van der Waals surface area contributed by atoms with Crippen LogP contribution in [-0.2, 0) is 14.3 Å². The lowest BCUT2D eigenvalue weighted by atomic mass is 9.84. The van der Waals surface area contributed by atoms with Crippen molar-refractivity contribution in [3.05, 3.63) is 59.7 Å². The minimum Gasteiger partial charge on any atom is -0.480 e. The number of aliphatic carboxylic acids is 1. The molecule has 0 aliphatic heterocycles. The van der Waals surface area contributed by atoms with Gasteiger partial charge in [-0.2, -0.15) is 0 Å². The van der Waals surface area contributed by atoms with E-state index in [2.05, 4.69) is 34.9 Å². The predicted molar refractivity (Wildman–Crippen MR) is 131 cm³/mol. The van der Waals surface area contributed by atoms with Crippen LogP contribution in [0, 0.1) is 11.8 Å². The number of hydrogen-bond donors (Lipinski definition) is 3. The van der Waals surface area contributed by atoms with Crippen molar-refractivity contribution in [1.29, 1.82) is 0 Å². The van der Waals surface area contributed by atoms with Crippen molar-refractivity contribution in [2.24, 2.45) is 11.8 Å². The van der Waals surface area contributed by atoms with E-state index in [4.69, 9.17) is 4.74 Å². The maximum absolute atomic E-state index is 12.7. The van der Waals surface area contributed by atoms with Gasteiger partial charge in [-0.05, 0) is 73.6 Å². The molecule has 0 saturated heterocycles. The lowest BCUT2D eigenvalue weighted by molar-refractivity contribution is -0.148. The third-order valence-corrected chi connectivity index (χ3v) is 7.98. The average molecular weight is 477 g/mol. The van der Waals surface area contributed by atoms with E-state index in [1.807, 2.05) is 24.3 Å². The second-order valence-corrected chi connectivity index (χ2v) is 10.3. The summed E-state index contributed by atoms with van der Waals surface area (Å²) in [5, 5.41) is 15.3. The summed E-state index contributed by atoms with van der Waals surface area (Å²) in [6.45, 7) is 1.88. The summed E-state index contributed by atoms with van der Waals surface area (Å²) in [5.41, 5.74) is 3.54. The highest BCUT2D eigenvalue weighted by Gasteiger charge is 2.49. The van der Waals surface area contributed by atoms with Crippen LogP contribution >= 0.6 is 0 Å². The molecular formula is C28H32N2O5. The van der Waals surface area contributed by atoms with Crippen molar-refractivity contribution in [1.82, 2.24) is 10.6 Å². The first kappa shape index (κ1) is 23.4. The Bertz CT molecular complexity index is 1090. The quantitative estimate of drug-likeness (QED) is 0.548. The fraction of sp³-hybridized carbons (Fsp3) is 0.464. The molecule has 1 atom stereocenters. The van der Waals surface area contributed by atoms with Crippen LogP contribution in [0.1, 0.15) is 62.5 Å². The molecule has 0 bridgehead atoms. The summed E-state index contributed by atoms with van der Waals surface area (Å²) in [5.74, 6) is -1.37. The van der Waals surface area contributed by atoms with Crippen LogP contribution in [0.25, 0.3) is 11.1 Å². The number of carbonyl (C=O) groups excluding carboxylic acids is 2. The number of nitrogens with one attached hydrogen (secondary N) is 2. The van der Waals surface area contributed by atoms with Gasteiger partial charge in [-0.25, -0.2) is 9.59 Å². The first-order chi connectivity index (χ1) is 16.9. The number of fused-ring (bicyclic) bond motifs is 3. The molecule has 5 rings (SSSR count). The van der Waals surface area contributed by atoms with E-state index in [1.165, 1.54) is 22.3 Å². The van der Waals surface area contributed by atoms with Crippen LogP contribution in [0.3, 0.4) is 0 Å². The molecule has 0 heterocycles. The molecule has 2 saturated carbocycles. The van der Waals surface area contributed by atoms with Crippen LogP contribution in [0.15, 0.2) is 48.5 Å². The van der Waals surface area contributed by atoms with Gasteiger partial charge in [0, 0.05) is 17.9 Å². The van der Waals surface area contributed by atoms with Gasteiger partial charge >= 0.3 is 12.1 Å². The zero-order valence-corrected chi connectivity index (χ0v) is 20.0. The van der Waals surface area contributed by atoms with Crippen molar-refractivity contribution in [3.8, 4) is 11.1 Å². The lowest BCUT2D eigenvalue weighted by Crippen LogP contribution is -2.56. The van der Waals surface area contributed by atoms with Crippen LogP contribution in [0.4, 0.5) is 4.79 Å². The summed E-state index contributed by atoms with van der Waals surface area (Å²) in [6, 6.07) is 16.4. The van der Waals surface area contributed by atoms with E-state index in [-0.39, 0.29) is 36.3 Å². The number of rotatable bonds is 7. The Labute approximate surface area is 205 Å². The minimum absolute atomic E-state index is 0.00974. The van der Waals surface area contributed by atoms with Gasteiger partial charge in [0.2, 0.25) is 5.91 Å². The monoisotopic (exact) mass is 476 g/mol. The molecule has 2 aromatic rings. The standard InChI is InChI=1S/C28H32N2O5/c1-28(26(32)33,18-12-13-18)30-25(31)17-10-14-19(15-11-17)29-27(34)35-16-24-22-8-4-2-6-20(22)21-7-3-5-9-23(21)24/h2-9,17-19,24H,10-16H2,1H3,(H,29,34)(H,30,31)(H,32,33). The largest absolute Gasteiger partial charge is 0.480 e. The Balaban J connectivity index is 1.11. The van der Waals surface area contributed by atoms with Crippen LogP contribution < -0.4 is 10.6 Å². The van der Waals surface area contributed by atoms with Crippen molar-refractivity contribution in [2.75, 3.05) is 6.61 Å². The van der Waals surface area contributed by atoms with Gasteiger partial charge in [0.15, 0.2) is 0 Å². The molecule has 3 aliphatic rings. The van der Waals surface area contributed by atoms with Gasteiger partial charge in [-0.15, -0.1) is 0 Å². The van der Waals surface area contributed by atoms with Crippen molar-refractivity contribution in [3.63, 3.8) is 0 Å². The summed E-state index contributed by atoms with van der Waals surface area (Å²) in [4.78, 5) is 37.0. The van der Waals surface area contributed by atoms with Gasteiger partial charge < -0.3 is 20.5 Å². The Kier molecular flexibility index (Phi) is 6.26. The normalized spacial score (nSPS) is 22.9. The lowest BCUT2D eigenvalue weighted by Gasteiger charge is -2.32. The highest BCUT2D eigenvalue weighted by atomic mass is 16.5. The van der Waals surface area contributed by atoms with E-state index >= 15 is 0 Å². The topological polar surface area (TPSA) is 105 Å². The number of carboxylic acid groups (broad SMARTS) is 1. The van der Waals surface area contributed by atoms with Gasteiger partial charge in [0.1, 0.15) is 12.1 Å².